The second-order valence-corrected chi connectivity index (χ2v) is 6.35. The zero-order valence-electron chi connectivity index (χ0n) is 14.1. The Labute approximate surface area is 142 Å². The number of hydrogen-bond acceptors (Lipinski definition) is 3. The van der Waals surface area contributed by atoms with Gasteiger partial charge in [0, 0.05) is 10.9 Å². The van der Waals surface area contributed by atoms with Crippen molar-refractivity contribution in [3.63, 3.8) is 0 Å². The van der Waals surface area contributed by atoms with Crippen LogP contribution in [0, 0.1) is 0 Å². The smallest absolute Gasteiger partial charge is 0.226 e. The van der Waals surface area contributed by atoms with Gasteiger partial charge < -0.3 is 9.80 Å². The average molecular weight is 319 g/mol. The maximum absolute atomic E-state index is 4.95. The fourth-order valence-electron chi connectivity index (χ4n) is 3.40. The highest BCUT2D eigenvalue weighted by Crippen LogP contribution is 2.28. The van der Waals surface area contributed by atoms with Gasteiger partial charge in [-0.25, -0.2) is 9.97 Å². The van der Waals surface area contributed by atoms with Crippen molar-refractivity contribution in [3.05, 3.63) is 54.6 Å². The second kappa shape index (κ2) is 6.57. The van der Waals surface area contributed by atoms with Gasteiger partial charge in [0.05, 0.1) is 43.9 Å². The minimum Gasteiger partial charge on any atom is -0.332 e. The van der Waals surface area contributed by atoms with Crippen molar-refractivity contribution in [1.29, 1.82) is 0 Å². The molecule has 4 nitrogen and oxygen atoms in total. The molecule has 122 valence electrons. The Morgan fingerprint density at radius 3 is 2.38 bits per heavy atom. The Hall–Kier alpha value is -2.46. The Kier molecular flexibility index (Phi) is 4.13. The predicted molar refractivity (Wildman–Crippen MR) is 98.4 cm³/mol. The molecule has 0 bridgehead atoms. The molecular weight excluding hydrogens is 296 g/mol. The van der Waals surface area contributed by atoms with E-state index in [4.69, 9.17) is 9.97 Å². The Bertz CT molecular complexity index is 823. The molecule has 1 fully saturated rings. The highest BCUT2D eigenvalue weighted by atomic mass is 15.3. The fourth-order valence-corrected chi connectivity index (χ4v) is 3.40. The van der Waals surface area contributed by atoms with Crippen molar-refractivity contribution in [3.8, 4) is 11.3 Å². The Balaban J connectivity index is 1.78. The van der Waals surface area contributed by atoms with Gasteiger partial charge in [0.15, 0.2) is 0 Å². The maximum atomic E-state index is 4.95. The van der Waals surface area contributed by atoms with Crippen LogP contribution in [0.2, 0.25) is 0 Å². The number of piperazine rings is 1. The summed E-state index contributed by atoms with van der Waals surface area (Å²) in [5, 5.41) is 1.12. The standard InChI is InChI=1S/C20H22N4/c1-2-23-12-14-24(15-13-23)20-21-18-11-7-6-10-17(18)19(22-20)16-8-4-3-5-9-16/h3-11H,2,12-15H2,1H3/p+1. The molecule has 2 heterocycles. The van der Waals surface area contributed by atoms with E-state index in [9.17, 15) is 0 Å². The van der Waals surface area contributed by atoms with Crippen LogP contribution in [0.15, 0.2) is 54.6 Å². The van der Waals surface area contributed by atoms with E-state index in [1.54, 1.807) is 4.90 Å². The average Bonchev–Trinajstić information content (AvgIpc) is 2.68. The molecule has 0 radical (unpaired) electrons. The van der Waals surface area contributed by atoms with E-state index >= 15 is 0 Å². The lowest BCUT2D eigenvalue weighted by Gasteiger charge is -2.31. The van der Waals surface area contributed by atoms with Crippen LogP contribution >= 0.6 is 0 Å². The van der Waals surface area contributed by atoms with Crippen molar-refractivity contribution in [2.75, 3.05) is 37.6 Å². The molecule has 1 aliphatic rings. The largest absolute Gasteiger partial charge is 0.332 e. The number of nitrogens with zero attached hydrogens (tertiary/aromatic N) is 3. The zero-order chi connectivity index (χ0) is 16.4. The molecule has 4 rings (SSSR count). The monoisotopic (exact) mass is 319 g/mol. The fraction of sp³-hybridized carbons (Fsp3) is 0.300. The summed E-state index contributed by atoms with van der Waals surface area (Å²) in [4.78, 5) is 13.8. The topological polar surface area (TPSA) is 33.5 Å². The van der Waals surface area contributed by atoms with Gasteiger partial charge in [-0.1, -0.05) is 48.5 Å². The van der Waals surface area contributed by atoms with Gasteiger partial charge in [0.25, 0.3) is 0 Å². The number of hydrogen-bond donors (Lipinski definition) is 1. The summed E-state index contributed by atoms with van der Waals surface area (Å²) in [6.45, 7) is 7.82. The normalized spacial score (nSPS) is 15.8. The van der Waals surface area contributed by atoms with Gasteiger partial charge in [0.2, 0.25) is 5.95 Å². The van der Waals surface area contributed by atoms with Crippen molar-refractivity contribution < 1.29 is 4.90 Å². The molecule has 0 spiro atoms. The lowest BCUT2D eigenvalue weighted by atomic mass is 10.1. The minimum atomic E-state index is 0.864. The molecule has 1 aromatic heterocycles. The van der Waals surface area contributed by atoms with E-state index in [-0.39, 0.29) is 0 Å². The Morgan fingerprint density at radius 1 is 0.917 bits per heavy atom. The molecule has 0 atom stereocenters. The molecule has 0 amide bonds. The first-order chi connectivity index (χ1) is 11.8. The quantitative estimate of drug-likeness (QED) is 0.802. The lowest BCUT2D eigenvalue weighted by molar-refractivity contribution is -0.898. The number of likely N-dealkylation sites (N-methyl/N-ethyl adjacent to an activating group) is 1. The first-order valence-electron chi connectivity index (χ1n) is 8.76. The highest BCUT2D eigenvalue weighted by molar-refractivity contribution is 5.93. The van der Waals surface area contributed by atoms with Crippen molar-refractivity contribution >= 4 is 16.9 Å². The van der Waals surface area contributed by atoms with Crippen LogP contribution in [-0.4, -0.2) is 42.7 Å². The molecule has 0 unspecified atom stereocenters. The zero-order valence-corrected chi connectivity index (χ0v) is 14.1. The summed E-state index contributed by atoms with van der Waals surface area (Å²) < 4.78 is 0. The highest BCUT2D eigenvalue weighted by Gasteiger charge is 2.21. The van der Waals surface area contributed by atoms with E-state index in [0.717, 1.165) is 54.3 Å². The van der Waals surface area contributed by atoms with E-state index in [1.807, 2.05) is 12.1 Å². The van der Waals surface area contributed by atoms with E-state index in [1.165, 1.54) is 6.54 Å². The molecule has 2 aromatic carbocycles. The number of para-hydroxylation sites is 1. The van der Waals surface area contributed by atoms with Crippen LogP contribution in [0.1, 0.15) is 6.92 Å². The van der Waals surface area contributed by atoms with Gasteiger partial charge in [-0.2, -0.15) is 0 Å². The lowest BCUT2D eigenvalue weighted by Crippen LogP contribution is -3.14. The van der Waals surface area contributed by atoms with Gasteiger partial charge in [-0.05, 0) is 13.0 Å². The molecule has 0 aliphatic carbocycles. The van der Waals surface area contributed by atoms with Crippen LogP contribution in [0.25, 0.3) is 22.2 Å². The molecule has 1 saturated heterocycles. The third-order valence-corrected chi connectivity index (χ3v) is 4.89. The summed E-state index contributed by atoms with van der Waals surface area (Å²) >= 11 is 0. The van der Waals surface area contributed by atoms with Crippen LogP contribution in [0.3, 0.4) is 0 Å². The van der Waals surface area contributed by atoms with Crippen LogP contribution in [-0.2, 0) is 0 Å². The van der Waals surface area contributed by atoms with Crippen LogP contribution < -0.4 is 9.80 Å². The van der Waals surface area contributed by atoms with Crippen molar-refractivity contribution in [1.82, 2.24) is 9.97 Å². The first kappa shape index (κ1) is 15.1. The number of quaternary nitrogens is 1. The second-order valence-electron chi connectivity index (χ2n) is 6.35. The SMILES string of the molecule is CC[NH+]1CCN(c2nc(-c3ccccc3)c3ccccc3n2)CC1. The number of benzene rings is 2. The number of aromatic nitrogens is 2. The number of anilines is 1. The summed E-state index contributed by atoms with van der Waals surface area (Å²) in [6.07, 6.45) is 0. The molecule has 24 heavy (non-hydrogen) atoms. The molecule has 1 aliphatic heterocycles. The van der Waals surface area contributed by atoms with Crippen molar-refractivity contribution in [2.24, 2.45) is 0 Å². The Morgan fingerprint density at radius 2 is 1.62 bits per heavy atom. The number of rotatable bonds is 3. The van der Waals surface area contributed by atoms with Gasteiger partial charge >= 0.3 is 0 Å². The van der Waals surface area contributed by atoms with Gasteiger partial charge in [0.1, 0.15) is 0 Å². The third-order valence-electron chi connectivity index (χ3n) is 4.89. The van der Waals surface area contributed by atoms with Gasteiger partial charge in [-0.15, -0.1) is 0 Å². The van der Waals surface area contributed by atoms with E-state index < -0.39 is 0 Å². The van der Waals surface area contributed by atoms with Crippen LogP contribution in [0.4, 0.5) is 5.95 Å². The molecule has 4 heteroatoms. The minimum absolute atomic E-state index is 0.864. The summed E-state index contributed by atoms with van der Waals surface area (Å²) in [5.41, 5.74) is 3.20. The molecular formula is C20H23N4+. The first-order valence-corrected chi connectivity index (χ1v) is 8.76. The maximum Gasteiger partial charge on any atom is 0.226 e. The summed E-state index contributed by atoms with van der Waals surface area (Å²) in [6, 6.07) is 18.7. The van der Waals surface area contributed by atoms with Crippen molar-refractivity contribution in [2.45, 2.75) is 6.92 Å². The van der Waals surface area contributed by atoms with E-state index in [0.29, 0.717) is 0 Å². The summed E-state index contributed by atoms with van der Waals surface area (Å²) in [7, 11) is 0. The van der Waals surface area contributed by atoms with Gasteiger partial charge in [-0.3, -0.25) is 0 Å². The summed E-state index contributed by atoms with van der Waals surface area (Å²) in [5.74, 6) is 0.864. The number of nitrogens with one attached hydrogen (secondary N) is 1. The molecule has 1 N–H and O–H groups in total. The predicted octanol–water partition coefficient (Wildman–Crippen LogP) is 2.02. The van der Waals surface area contributed by atoms with E-state index in [2.05, 4.69) is 54.3 Å². The van der Waals surface area contributed by atoms with Crippen LogP contribution in [0.5, 0.6) is 0 Å². The molecule has 3 aromatic rings. The number of fused-ring (bicyclic) bond motifs is 1. The molecule has 0 saturated carbocycles. The third kappa shape index (κ3) is 2.85.